The monoisotopic (exact) mass is 763 g/mol. The zero-order valence-electron chi connectivity index (χ0n) is 35.7. The van der Waals surface area contributed by atoms with Crippen LogP contribution in [-0.2, 0) is 28.6 Å². The maximum atomic E-state index is 12.7. The molecule has 1 N–H and O–H groups in total. The summed E-state index contributed by atoms with van der Waals surface area (Å²) in [6.45, 7) is 4.62. The smallest absolute Gasteiger partial charge is 0.362 e. The number of likely N-dealkylation sites (N-methyl/N-ethyl adjacent to an activating group) is 1. The topological polar surface area (TPSA) is 99.1 Å². The molecule has 314 valence electrons. The van der Waals surface area contributed by atoms with E-state index in [4.69, 9.17) is 14.2 Å². The lowest BCUT2D eigenvalue weighted by atomic mass is 10.0. The normalized spacial score (nSPS) is 13.3. The number of allylic oxidation sites excluding steroid dienone is 6. The third kappa shape index (κ3) is 35.3. The highest BCUT2D eigenvalue weighted by Crippen LogP contribution is 2.15. The van der Waals surface area contributed by atoms with E-state index in [2.05, 4.69) is 50.3 Å². The highest BCUT2D eigenvalue weighted by Gasteiger charge is 2.31. The van der Waals surface area contributed by atoms with E-state index < -0.39 is 18.1 Å². The Kier molecular flexibility index (Phi) is 35.8. The molecule has 0 rings (SSSR count). The van der Waals surface area contributed by atoms with E-state index in [-0.39, 0.29) is 36.2 Å². The summed E-state index contributed by atoms with van der Waals surface area (Å²) >= 11 is 0. The molecular weight excluding hydrogens is 679 g/mol. The van der Waals surface area contributed by atoms with Gasteiger partial charge in [0.25, 0.3) is 0 Å². The first-order chi connectivity index (χ1) is 26.1. The fraction of sp³-hybridized carbons (Fsp3) is 0.804. The summed E-state index contributed by atoms with van der Waals surface area (Å²) in [6.07, 6.45) is 41.8. The summed E-state index contributed by atoms with van der Waals surface area (Å²) in [5, 5.41) is 9.61. The van der Waals surface area contributed by atoms with Gasteiger partial charge < -0.3 is 23.8 Å². The van der Waals surface area contributed by atoms with Crippen LogP contribution in [0.3, 0.4) is 0 Å². The van der Waals surface area contributed by atoms with Crippen molar-refractivity contribution < 1.29 is 38.2 Å². The first-order valence-electron chi connectivity index (χ1n) is 22.0. The first kappa shape index (κ1) is 51.5. The Hall–Kier alpha value is -2.45. The molecule has 0 heterocycles. The van der Waals surface area contributed by atoms with Crippen LogP contribution < -0.4 is 0 Å². The molecule has 2 atom stereocenters. The molecule has 0 fully saturated rings. The molecule has 0 aliphatic heterocycles. The van der Waals surface area contributed by atoms with Gasteiger partial charge >= 0.3 is 17.9 Å². The summed E-state index contributed by atoms with van der Waals surface area (Å²) in [4.78, 5) is 36.9. The minimum absolute atomic E-state index is 0.0523. The fourth-order valence-corrected chi connectivity index (χ4v) is 6.40. The zero-order chi connectivity index (χ0) is 40.0. The largest absolute Gasteiger partial charge is 0.477 e. The van der Waals surface area contributed by atoms with Crippen LogP contribution >= 0.6 is 0 Å². The first-order valence-corrected chi connectivity index (χ1v) is 22.0. The van der Waals surface area contributed by atoms with E-state index >= 15 is 0 Å². The van der Waals surface area contributed by atoms with E-state index in [0.717, 1.165) is 64.2 Å². The van der Waals surface area contributed by atoms with Crippen molar-refractivity contribution in [2.24, 2.45) is 0 Å². The summed E-state index contributed by atoms with van der Waals surface area (Å²) in [5.41, 5.74) is 0. The average molecular weight is 763 g/mol. The van der Waals surface area contributed by atoms with Gasteiger partial charge in [-0.2, -0.15) is 0 Å². The molecule has 8 heteroatoms. The zero-order valence-corrected chi connectivity index (χ0v) is 35.7. The number of quaternary nitrogens is 1. The van der Waals surface area contributed by atoms with E-state index in [1.54, 1.807) is 0 Å². The number of ether oxygens (including phenoxy) is 3. The van der Waals surface area contributed by atoms with Crippen LogP contribution in [0.4, 0.5) is 0 Å². The summed E-state index contributed by atoms with van der Waals surface area (Å²) < 4.78 is 17.3. The quantitative estimate of drug-likeness (QED) is 0.0288. The number of carbonyl (C=O) groups is 3. The predicted octanol–water partition coefficient (Wildman–Crippen LogP) is 11.9. The average Bonchev–Trinajstić information content (AvgIpc) is 3.12. The Morgan fingerprint density at radius 1 is 0.574 bits per heavy atom. The Labute approximate surface area is 332 Å². The molecule has 0 aromatic heterocycles. The lowest BCUT2D eigenvalue weighted by molar-refractivity contribution is -0.887. The minimum atomic E-state index is -0.876. The van der Waals surface area contributed by atoms with E-state index in [0.29, 0.717) is 19.3 Å². The Morgan fingerprint density at radius 2 is 1.04 bits per heavy atom. The number of hydrogen-bond acceptors (Lipinski definition) is 6. The third-order valence-corrected chi connectivity index (χ3v) is 9.80. The van der Waals surface area contributed by atoms with Crippen LogP contribution in [0, 0.1) is 0 Å². The molecule has 54 heavy (non-hydrogen) atoms. The van der Waals surface area contributed by atoms with E-state index in [1.165, 1.54) is 89.9 Å². The van der Waals surface area contributed by atoms with Gasteiger partial charge in [-0.05, 0) is 44.9 Å². The van der Waals surface area contributed by atoms with Crippen molar-refractivity contribution in [2.75, 3.05) is 41.0 Å². The standard InChI is InChI=1S/C46H83NO7/c1-6-8-10-12-14-16-18-20-21-22-23-25-27-29-31-33-35-37-45(49)54-42(40-52-39-38-43(46(50)51)47(3,4)5)41-53-44(48)36-34-32-30-28-26-24-19-17-15-13-11-9-7-2/h8,10,14,16,20-21,42-43H,6-7,9,11-13,15,17-19,22-41H2,1-5H3/p+1/b10-8-,16-14-,21-20-. The molecule has 0 aliphatic rings. The summed E-state index contributed by atoms with van der Waals surface area (Å²) in [5.74, 6) is -1.47. The molecule has 0 saturated carbocycles. The molecule has 2 unspecified atom stereocenters. The van der Waals surface area contributed by atoms with Crippen molar-refractivity contribution in [3.63, 3.8) is 0 Å². The number of hydrogen-bond donors (Lipinski definition) is 1. The van der Waals surface area contributed by atoms with Gasteiger partial charge in [-0.15, -0.1) is 0 Å². The second kappa shape index (κ2) is 37.5. The maximum Gasteiger partial charge on any atom is 0.362 e. The fourth-order valence-electron chi connectivity index (χ4n) is 6.40. The van der Waals surface area contributed by atoms with Crippen molar-refractivity contribution >= 4 is 17.9 Å². The van der Waals surface area contributed by atoms with Crippen LogP contribution in [0.5, 0.6) is 0 Å². The Bertz CT molecular complexity index is 984. The molecule has 0 radical (unpaired) electrons. The van der Waals surface area contributed by atoms with Gasteiger partial charge in [0, 0.05) is 19.3 Å². The van der Waals surface area contributed by atoms with Crippen molar-refractivity contribution in [2.45, 2.75) is 199 Å². The van der Waals surface area contributed by atoms with Gasteiger partial charge in [0.05, 0.1) is 34.4 Å². The second-order valence-corrected chi connectivity index (χ2v) is 15.9. The van der Waals surface area contributed by atoms with E-state index in [9.17, 15) is 19.5 Å². The number of rotatable bonds is 39. The number of esters is 2. The maximum absolute atomic E-state index is 12.7. The molecule has 0 spiro atoms. The number of carbonyl (C=O) groups excluding carboxylic acids is 2. The van der Waals surface area contributed by atoms with Crippen molar-refractivity contribution in [1.29, 1.82) is 0 Å². The van der Waals surface area contributed by atoms with Gasteiger partial charge in [0.1, 0.15) is 6.61 Å². The third-order valence-electron chi connectivity index (χ3n) is 9.80. The van der Waals surface area contributed by atoms with Gasteiger partial charge in [-0.3, -0.25) is 9.59 Å². The molecule has 0 bridgehead atoms. The van der Waals surface area contributed by atoms with Gasteiger partial charge in [0.15, 0.2) is 12.1 Å². The SMILES string of the molecule is CC/C=C\C/C=C\C/C=C\CCCCCCCCCC(=O)OC(COCCC(C(=O)O)[N+](C)(C)C)COC(=O)CCCCCCCCCCCCCCC. The van der Waals surface area contributed by atoms with Crippen molar-refractivity contribution in [3.05, 3.63) is 36.5 Å². The number of nitrogens with zero attached hydrogens (tertiary/aromatic N) is 1. The van der Waals surface area contributed by atoms with Crippen LogP contribution in [0.25, 0.3) is 0 Å². The van der Waals surface area contributed by atoms with Crippen LogP contribution in [0.2, 0.25) is 0 Å². The van der Waals surface area contributed by atoms with Gasteiger partial charge in [-0.25, -0.2) is 4.79 Å². The van der Waals surface area contributed by atoms with Crippen LogP contribution in [-0.4, -0.2) is 80.6 Å². The second-order valence-electron chi connectivity index (χ2n) is 15.9. The van der Waals surface area contributed by atoms with Crippen LogP contribution in [0.1, 0.15) is 187 Å². The van der Waals surface area contributed by atoms with E-state index in [1.807, 2.05) is 21.1 Å². The van der Waals surface area contributed by atoms with Gasteiger partial charge in [0.2, 0.25) is 0 Å². The lowest BCUT2D eigenvalue weighted by Crippen LogP contribution is -2.50. The molecule has 0 amide bonds. The predicted molar refractivity (Wildman–Crippen MR) is 225 cm³/mol. The minimum Gasteiger partial charge on any atom is -0.477 e. The number of carboxylic acid groups (broad SMARTS) is 1. The molecule has 0 aromatic rings. The van der Waals surface area contributed by atoms with Crippen molar-refractivity contribution in [1.82, 2.24) is 0 Å². The molecule has 8 nitrogen and oxygen atoms in total. The lowest BCUT2D eigenvalue weighted by Gasteiger charge is -2.31. The number of carboxylic acids is 1. The Morgan fingerprint density at radius 3 is 1.54 bits per heavy atom. The highest BCUT2D eigenvalue weighted by atomic mass is 16.6. The number of aliphatic carboxylic acids is 1. The van der Waals surface area contributed by atoms with Gasteiger partial charge in [-0.1, -0.05) is 159 Å². The highest BCUT2D eigenvalue weighted by molar-refractivity contribution is 5.72. The Balaban J connectivity index is 4.35. The molecular formula is C46H84NO7+. The summed E-state index contributed by atoms with van der Waals surface area (Å²) in [6, 6.07) is -0.614. The number of unbranched alkanes of at least 4 members (excludes halogenated alkanes) is 19. The molecule has 0 aliphatic carbocycles. The molecule has 0 aromatic carbocycles. The molecule has 0 saturated heterocycles. The summed E-state index contributed by atoms with van der Waals surface area (Å²) in [7, 11) is 5.52. The van der Waals surface area contributed by atoms with Crippen LogP contribution in [0.15, 0.2) is 36.5 Å². The van der Waals surface area contributed by atoms with Crippen molar-refractivity contribution in [3.8, 4) is 0 Å².